The molecule has 22 heavy (non-hydrogen) atoms. The predicted molar refractivity (Wildman–Crippen MR) is 69.6 cm³/mol. The van der Waals surface area contributed by atoms with Crippen molar-refractivity contribution in [1.82, 2.24) is 14.5 Å². The summed E-state index contributed by atoms with van der Waals surface area (Å²) in [5, 5.41) is 12.3. The molecule has 1 aromatic heterocycles. The predicted octanol–water partition coefficient (Wildman–Crippen LogP) is 1.37. The van der Waals surface area contributed by atoms with E-state index in [1.54, 1.807) is 0 Å². The number of aromatic nitrogens is 2. The molecule has 0 aliphatic carbocycles. The Morgan fingerprint density at radius 2 is 2.14 bits per heavy atom. The number of carboxylic acid groups (broad SMARTS) is 1. The Balaban J connectivity index is 2.87. The fraction of sp³-hybridized carbons (Fsp3) is 0.636. The molecule has 0 spiro atoms. The lowest BCUT2D eigenvalue weighted by Gasteiger charge is -2.13. The number of sulfonamides is 1. The largest absolute Gasteiger partial charge is 0.480 e. The molecular weight excluding hydrogens is 327 g/mol. The van der Waals surface area contributed by atoms with Gasteiger partial charge in [-0.1, -0.05) is 19.8 Å². The van der Waals surface area contributed by atoms with Gasteiger partial charge < -0.3 is 5.11 Å². The van der Waals surface area contributed by atoms with Crippen LogP contribution in [0.4, 0.5) is 13.2 Å². The molecule has 126 valence electrons. The quantitative estimate of drug-likeness (QED) is 0.742. The van der Waals surface area contributed by atoms with E-state index in [1.165, 1.54) is 0 Å². The zero-order valence-corrected chi connectivity index (χ0v) is 12.5. The molecule has 0 radical (unpaired) electrons. The van der Waals surface area contributed by atoms with Crippen LogP contribution < -0.4 is 4.72 Å². The highest BCUT2D eigenvalue weighted by atomic mass is 32.2. The number of hydrogen-bond acceptors (Lipinski definition) is 4. The number of carbonyl (C=O) groups is 1. The van der Waals surface area contributed by atoms with Gasteiger partial charge in [0.25, 0.3) is 0 Å². The average molecular weight is 343 g/mol. The van der Waals surface area contributed by atoms with Crippen LogP contribution >= 0.6 is 0 Å². The number of aliphatic carboxylic acids is 1. The molecule has 11 heteroatoms. The van der Waals surface area contributed by atoms with Crippen molar-refractivity contribution in [2.75, 3.05) is 0 Å². The van der Waals surface area contributed by atoms with Crippen LogP contribution in [0.25, 0.3) is 0 Å². The first-order valence-electron chi connectivity index (χ1n) is 6.39. The molecule has 0 bridgehead atoms. The third-order valence-corrected chi connectivity index (χ3v) is 4.13. The minimum atomic E-state index is -4.54. The Bertz CT molecular complexity index is 612. The van der Waals surface area contributed by atoms with E-state index in [2.05, 4.69) is 5.10 Å². The molecule has 1 atom stereocenters. The van der Waals surface area contributed by atoms with Gasteiger partial charge in [0, 0.05) is 6.20 Å². The van der Waals surface area contributed by atoms with Crippen LogP contribution in [0.1, 0.15) is 26.2 Å². The summed E-state index contributed by atoms with van der Waals surface area (Å²) in [6.45, 7) is 0.384. The van der Waals surface area contributed by atoms with Crippen LogP contribution in [0.15, 0.2) is 17.3 Å². The molecule has 7 nitrogen and oxygen atoms in total. The summed E-state index contributed by atoms with van der Waals surface area (Å²) in [5.74, 6) is -1.35. The number of alkyl halides is 3. The van der Waals surface area contributed by atoms with E-state index >= 15 is 0 Å². The minimum absolute atomic E-state index is 0.0851. The lowest BCUT2D eigenvalue weighted by Crippen LogP contribution is -2.40. The zero-order chi connectivity index (χ0) is 17.0. The van der Waals surface area contributed by atoms with Crippen LogP contribution in [0.5, 0.6) is 0 Å². The van der Waals surface area contributed by atoms with E-state index in [1.807, 2.05) is 11.6 Å². The summed E-state index contributed by atoms with van der Waals surface area (Å²) in [6, 6.07) is -1.34. The Labute approximate surface area is 125 Å². The van der Waals surface area contributed by atoms with Crippen molar-refractivity contribution in [2.45, 2.75) is 49.8 Å². The highest BCUT2D eigenvalue weighted by Crippen LogP contribution is 2.18. The number of unbranched alkanes of at least 4 members (excludes halogenated alkanes) is 1. The van der Waals surface area contributed by atoms with Gasteiger partial charge in [0.05, 0.1) is 6.20 Å². The highest BCUT2D eigenvalue weighted by molar-refractivity contribution is 7.89. The fourth-order valence-corrected chi connectivity index (χ4v) is 2.83. The maximum atomic E-state index is 12.2. The normalized spacial score (nSPS) is 14.0. The SMILES string of the molecule is CCCCC(NS(=O)(=O)c1cnn(CC(F)(F)F)c1)C(=O)O. The smallest absolute Gasteiger partial charge is 0.408 e. The van der Waals surface area contributed by atoms with Crippen molar-refractivity contribution in [3.8, 4) is 0 Å². The number of halogens is 3. The van der Waals surface area contributed by atoms with Gasteiger partial charge in [0.2, 0.25) is 10.0 Å². The third kappa shape index (κ3) is 5.64. The van der Waals surface area contributed by atoms with Crippen LogP contribution in [0, 0.1) is 0 Å². The van der Waals surface area contributed by atoms with E-state index in [9.17, 15) is 26.4 Å². The van der Waals surface area contributed by atoms with Crippen molar-refractivity contribution in [3.63, 3.8) is 0 Å². The molecule has 1 aromatic rings. The summed E-state index contributed by atoms with van der Waals surface area (Å²) < 4.78 is 62.9. The standard InChI is InChI=1S/C11H16F3N3O4S/c1-2-3-4-9(10(18)19)16-22(20,21)8-5-15-17(6-8)7-11(12,13)14/h5-6,9,16H,2-4,7H2,1H3,(H,18,19). The molecule has 2 N–H and O–H groups in total. The summed E-state index contributed by atoms with van der Waals surface area (Å²) >= 11 is 0. The van der Waals surface area contributed by atoms with Crippen molar-refractivity contribution in [2.24, 2.45) is 0 Å². The van der Waals surface area contributed by atoms with Crippen LogP contribution in [-0.2, 0) is 21.4 Å². The second-order valence-corrected chi connectivity index (χ2v) is 6.36. The van der Waals surface area contributed by atoms with E-state index in [4.69, 9.17) is 5.11 Å². The second-order valence-electron chi connectivity index (χ2n) is 4.64. The molecule has 1 rings (SSSR count). The van der Waals surface area contributed by atoms with Gasteiger partial charge in [0.15, 0.2) is 0 Å². The topological polar surface area (TPSA) is 101 Å². The molecule has 0 saturated heterocycles. The Kier molecular flexibility index (Phi) is 5.94. The first kappa shape index (κ1) is 18.4. The zero-order valence-electron chi connectivity index (χ0n) is 11.7. The number of rotatable bonds is 8. The van der Waals surface area contributed by atoms with Crippen molar-refractivity contribution >= 4 is 16.0 Å². The first-order valence-corrected chi connectivity index (χ1v) is 7.88. The first-order chi connectivity index (χ1) is 10.0. The lowest BCUT2D eigenvalue weighted by molar-refractivity contribution is -0.142. The summed E-state index contributed by atoms with van der Waals surface area (Å²) in [6.07, 6.45) is -1.84. The van der Waals surface area contributed by atoms with Gasteiger partial charge in [-0.25, -0.2) is 8.42 Å². The van der Waals surface area contributed by atoms with Gasteiger partial charge in [0.1, 0.15) is 17.5 Å². The van der Waals surface area contributed by atoms with E-state index in [0.717, 1.165) is 6.20 Å². The Hall–Kier alpha value is -1.62. The summed E-state index contributed by atoms with van der Waals surface area (Å²) in [7, 11) is -4.25. The van der Waals surface area contributed by atoms with Gasteiger partial charge in [-0.3, -0.25) is 9.48 Å². The van der Waals surface area contributed by atoms with Crippen LogP contribution in [0.2, 0.25) is 0 Å². The molecule has 1 heterocycles. The second kappa shape index (κ2) is 7.09. The molecule has 0 saturated carbocycles. The molecule has 0 fully saturated rings. The number of carboxylic acids is 1. The molecule has 0 aromatic carbocycles. The number of hydrogen-bond donors (Lipinski definition) is 2. The van der Waals surface area contributed by atoms with Gasteiger partial charge in [-0.15, -0.1) is 0 Å². The van der Waals surface area contributed by atoms with Crippen molar-refractivity contribution in [3.05, 3.63) is 12.4 Å². The minimum Gasteiger partial charge on any atom is -0.480 e. The summed E-state index contributed by atoms with van der Waals surface area (Å²) in [5.41, 5.74) is 0. The van der Waals surface area contributed by atoms with Crippen LogP contribution in [-0.4, -0.2) is 41.5 Å². The Morgan fingerprint density at radius 1 is 1.50 bits per heavy atom. The monoisotopic (exact) mass is 343 g/mol. The maximum Gasteiger partial charge on any atom is 0.408 e. The number of nitrogens with one attached hydrogen (secondary N) is 1. The fourth-order valence-electron chi connectivity index (χ4n) is 1.65. The number of nitrogens with zero attached hydrogens (tertiary/aromatic N) is 2. The van der Waals surface area contributed by atoms with E-state index in [-0.39, 0.29) is 6.42 Å². The summed E-state index contributed by atoms with van der Waals surface area (Å²) in [4.78, 5) is 10.5. The lowest BCUT2D eigenvalue weighted by atomic mass is 10.1. The van der Waals surface area contributed by atoms with E-state index < -0.39 is 39.7 Å². The van der Waals surface area contributed by atoms with Gasteiger partial charge in [-0.2, -0.15) is 23.0 Å². The van der Waals surface area contributed by atoms with Crippen molar-refractivity contribution in [1.29, 1.82) is 0 Å². The third-order valence-electron chi connectivity index (χ3n) is 2.70. The Morgan fingerprint density at radius 3 is 2.64 bits per heavy atom. The molecule has 1 unspecified atom stereocenters. The van der Waals surface area contributed by atoms with Crippen molar-refractivity contribution < 1.29 is 31.5 Å². The maximum absolute atomic E-state index is 12.2. The van der Waals surface area contributed by atoms with E-state index in [0.29, 0.717) is 23.7 Å². The molecule has 0 amide bonds. The molecular formula is C11H16F3N3O4S. The average Bonchev–Trinajstić information content (AvgIpc) is 2.81. The van der Waals surface area contributed by atoms with Gasteiger partial charge in [-0.05, 0) is 6.42 Å². The highest BCUT2D eigenvalue weighted by Gasteiger charge is 2.30. The molecule has 0 aliphatic heterocycles. The molecule has 0 aliphatic rings. The van der Waals surface area contributed by atoms with Gasteiger partial charge >= 0.3 is 12.1 Å². The van der Waals surface area contributed by atoms with Crippen LogP contribution in [0.3, 0.4) is 0 Å².